The number of likely N-dealkylation sites (tertiary alicyclic amines) is 1. The zero-order chi connectivity index (χ0) is 19.2. The van der Waals surface area contributed by atoms with E-state index in [9.17, 15) is 14.0 Å². The van der Waals surface area contributed by atoms with Crippen molar-refractivity contribution in [3.63, 3.8) is 0 Å². The Balaban J connectivity index is 1.59. The molecule has 7 heteroatoms. The van der Waals surface area contributed by atoms with Gasteiger partial charge in [0.1, 0.15) is 5.82 Å². The zero-order valence-electron chi connectivity index (χ0n) is 15.0. The van der Waals surface area contributed by atoms with Crippen LogP contribution in [-0.4, -0.2) is 29.9 Å². The van der Waals surface area contributed by atoms with E-state index >= 15 is 0 Å². The Morgan fingerprint density at radius 2 is 1.85 bits per heavy atom. The highest BCUT2D eigenvalue weighted by atomic mass is 19.1. The summed E-state index contributed by atoms with van der Waals surface area (Å²) in [6.45, 7) is 2.14. The summed E-state index contributed by atoms with van der Waals surface area (Å²) in [5, 5.41) is 5.39. The van der Waals surface area contributed by atoms with Gasteiger partial charge in [-0.2, -0.15) is 0 Å². The SMILES string of the molecule is NC(=O)Nc1cccc(NC(=O)C2CCCN(Cc3cccc(F)c3)C2)c1. The van der Waals surface area contributed by atoms with Gasteiger partial charge in [-0.15, -0.1) is 0 Å². The summed E-state index contributed by atoms with van der Waals surface area (Å²) in [6.07, 6.45) is 1.72. The van der Waals surface area contributed by atoms with Crippen molar-refractivity contribution in [3.8, 4) is 0 Å². The van der Waals surface area contributed by atoms with Crippen LogP contribution in [0.3, 0.4) is 0 Å². The van der Waals surface area contributed by atoms with E-state index in [1.165, 1.54) is 12.1 Å². The van der Waals surface area contributed by atoms with Crippen molar-refractivity contribution >= 4 is 23.3 Å². The second-order valence-electron chi connectivity index (χ2n) is 6.76. The van der Waals surface area contributed by atoms with Crippen LogP contribution in [-0.2, 0) is 11.3 Å². The molecular weight excluding hydrogens is 347 g/mol. The van der Waals surface area contributed by atoms with Crippen LogP contribution in [0.15, 0.2) is 48.5 Å². The normalized spacial score (nSPS) is 17.3. The molecule has 4 N–H and O–H groups in total. The van der Waals surface area contributed by atoms with E-state index in [0.717, 1.165) is 24.9 Å². The molecule has 1 heterocycles. The highest BCUT2D eigenvalue weighted by molar-refractivity contribution is 5.94. The fourth-order valence-electron chi connectivity index (χ4n) is 3.37. The first-order chi connectivity index (χ1) is 13.0. The number of halogens is 1. The summed E-state index contributed by atoms with van der Waals surface area (Å²) in [4.78, 5) is 25.8. The minimum atomic E-state index is -0.654. The monoisotopic (exact) mass is 370 g/mol. The van der Waals surface area contributed by atoms with Crippen LogP contribution in [0.2, 0.25) is 0 Å². The average Bonchev–Trinajstić information content (AvgIpc) is 2.62. The maximum absolute atomic E-state index is 13.4. The molecule has 6 nitrogen and oxygen atoms in total. The lowest BCUT2D eigenvalue weighted by molar-refractivity contribution is -0.121. The fourth-order valence-corrected chi connectivity index (χ4v) is 3.37. The molecule has 2 aromatic rings. The molecule has 27 heavy (non-hydrogen) atoms. The van der Waals surface area contributed by atoms with Gasteiger partial charge in [-0.05, 0) is 55.3 Å². The number of nitrogens with two attached hydrogens (primary N) is 1. The van der Waals surface area contributed by atoms with Crippen LogP contribution >= 0.6 is 0 Å². The topological polar surface area (TPSA) is 87.5 Å². The predicted octanol–water partition coefficient (Wildman–Crippen LogP) is 3.17. The van der Waals surface area contributed by atoms with Crippen LogP contribution in [0.5, 0.6) is 0 Å². The van der Waals surface area contributed by atoms with Gasteiger partial charge in [-0.1, -0.05) is 18.2 Å². The molecular formula is C20H23FN4O2. The molecule has 1 unspecified atom stereocenters. The molecule has 3 rings (SSSR count). The number of carbonyl (C=O) groups excluding carboxylic acids is 2. The lowest BCUT2D eigenvalue weighted by Crippen LogP contribution is -2.40. The molecule has 1 saturated heterocycles. The Labute approximate surface area is 157 Å². The van der Waals surface area contributed by atoms with E-state index in [0.29, 0.717) is 24.5 Å². The third-order valence-corrected chi connectivity index (χ3v) is 4.57. The molecule has 0 spiro atoms. The average molecular weight is 370 g/mol. The molecule has 0 bridgehead atoms. The molecule has 2 aromatic carbocycles. The van der Waals surface area contributed by atoms with E-state index in [2.05, 4.69) is 15.5 Å². The van der Waals surface area contributed by atoms with Crippen molar-refractivity contribution < 1.29 is 14.0 Å². The lowest BCUT2D eigenvalue weighted by Gasteiger charge is -2.32. The molecule has 0 radical (unpaired) electrons. The Morgan fingerprint density at radius 3 is 2.59 bits per heavy atom. The van der Waals surface area contributed by atoms with Crippen molar-refractivity contribution in [2.45, 2.75) is 19.4 Å². The second-order valence-corrected chi connectivity index (χ2v) is 6.76. The lowest BCUT2D eigenvalue weighted by atomic mass is 9.96. The standard InChI is InChI=1S/C20H23FN4O2/c21-16-6-1-4-14(10-16)12-25-9-3-5-15(13-25)19(26)23-17-7-2-8-18(11-17)24-20(22)27/h1-2,4,6-8,10-11,15H,3,5,9,12-13H2,(H,23,26)(H3,22,24,27). The number of nitrogens with one attached hydrogen (secondary N) is 2. The number of anilines is 2. The Hall–Kier alpha value is -2.93. The quantitative estimate of drug-likeness (QED) is 0.755. The molecule has 0 saturated carbocycles. The minimum absolute atomic E-state index is 0.0600. The Morgan fingerprint density at radius 1 is 1.11 bits per heavy atom. The molecule has 1 aliphatic rings. The van der Waals surface area contributed by atoms with E-state index in [1.54, 1.807) is 30.3 Å². The van der Waals surface area contributed by atoms with Gasteiger partial charge in [0.2, 0.25) is 5.91 Å². The number of carbonyl (C=O) groups is 2. The Kier molecular flexibility index (Phi) is 6.03. The summed E-state index contributed by atoms with van der Waals surface area (Å²) >= 11 is 0. The van der Waals surface area contributed by atoms with Gasteiger partial charge < -0.3 is 16.4 Å². The molecule has 1 fully saturated rings. The molecule has 1 atom stereocenters. The molecule has 0 aromatic heterocycles. The maximum Gasteiger partial charge on any atom is 0.316 e. The van der Waals surface area contributed by atoms with Crippen molar-refractivity contribution in [1.82, 2.24) is 4.90 Å². The number of hydrogen-bond acceptors (Lipinski definition) is 3. The summed E-state index contributed by atoms with van der Waals surface area (Å²) < 4.78 is 13.4. The third-order valence-electron chi connectivity index (χ3n) is 4.57. The summed E-state index contributed by atoms with van der Waals surface area (Å²) in [6, 6.07) is 12.7. The zero-order valence-corrected chi connectivity index (χ0v) is 15.0. The van der Waals surface area contributed by atoms with Gasteiger partial charge >= 0.3 is 6.03 Å². The van der Waals surface area contributed by atoms with Gasteiger partial charge in [-0.25, -0.2) is 9.18 Å². The van der Waals surface area contributed by atoms with Gasteiger partial charge in [0.25, 0.3) is 0 Å². The number of benzene rings is 2. The Bertz CT molecular complexity index is 827. The number of primary amides is 1. The van der Waals surface area contributed by atoms with Crippen LogP contribution in [0.25, 0.3) is 0 Å². The summed E-state index contributed by atoms with van der Waals surface area (Å²) in [7, 11) is 0. The maximum atomic E-state index is 13.4. The van der Waals surface area contributed by atoms with E-state index < -0.39 is 6.03 Å². The minimum Gasteiger partial charge on any atom is -0.351 e. The van der Waals surface area contributed by atoms with Crippen LogP contribution in [0.4, 0.5) is 20.6 Å². The predicted molar refractivity (Wildman–Crippen MR) is 103 cm³/mol. The fraction of sp³-hybridized carbons (Fsp3) is 0.300. The van der Waals surface area contributed by atoms with E-state index in [-0.39, 0.29) is 17.6 Å². The molecule has 142 valence electrons. The smallest absolute Gasteiger partial charge is 0.316 e. The van der Waals surface area contributed by atoms with Crippen molar-refractivity contribution in [1.29, 1.82) is 0 Å². The number of hydrogen-bond donors (Lipinski definition) is 3. The molecule has 1 aliphatic heterocycles. The summed E-state index contributed by atoms with van der Waals surface area (Å²) in [5.41, 5.74) is 7.15. The second kappa shape index (κ2) is 8.64. The van der Waals surface area contributed by atoms with Crippen LogP contribution in [0, 0.1) is 11.7 Å². The van der Waals surface area contributed by atoms with Gasteiger partial charge in [0.05, 0.1) is 5.92 Å². The number of piperidine rings is 1. The van der Waals surface area contributed by atoms with Gasteiger partial charge in [0.15, 0.2) is 0 Å². The summed E-state index contributed by atoms with van der Waals surface area (Å²) in [5.74, 6) is -0.446. The van der Waals surface area contributed by atoms with Crippen LogP contribution < -0.4 is 16.4 Å². The molecule has 3 amide bonds. The van der Waals surface area contributed by atoms with E-state index in [4.69, 9.17) is 5.73 Å². The van der Waals surface area contributed by atoms with Crippen molar-refractivity contribution in [2.24, 2.45) is 11.7 Å². The van der Waals surface area contributed by atoms with Crippen molar-refractivity contribution in [3.05, 3.63) is 59.9 Å². The third kappa shape index (κ3) is 5.52. The van der Waals surface area contributed by atoms with Gasteiger partial charge in [0, 0.05) is 24.5 Å². The number of rotatable bonds is 5. The van der Waals surface area contributed by atoms with E-state index in [1.807, 2.05) is 6.07 Å². The van der Waals surface area contributed by atoms with Crippen molar-refractivity contribution in [2.75, 3.05) is 23.7 Å². The number of urea groups is 1. The largest absolute Gasteiger partial charge is 0.351 e. The highest BCUT2D eigenvalue weighted by Crippen LogP contribution is 2.22. The number of amides is 3. The van der Waals surface area contributed by atoms with Gasteiger partial charge in [-0.3, -0.25) is 9.69 Å². The molecule has 0 aliphatic carbocycles. The first-order valence-corrected chi connectivity index (χ1v) is 8.94. The number of nitrogens with zero attached hydrogens (tertiary/aromatic N) is 1. The van der Waals surface area contributed by atoms with Crippen LogP contribution in [0.1, 0.15) is 18.4 Å². The first kappa shape index (κ1) is 18.8. The highest BCUT2D eigenvalue weighted by Gasteiger charge is 2.26. The first-order valence-electron chi connectivity index (χ1n) is 8.94.